The highest BCUT2D eigenvalue weighted by Gasteiger charge is 2.06. The summed E-state index contributed by atoms with van der Waals surface area (Å²) in [5, 5.41) is 10.2. The Morgan fingerprint density at radius 1 is 1.23 bits per heavy atom. The zero-order chi connectivity index (χ0) is 15.8. The Morgan fingerprint density at radius 2 is 2.00 bits per heavy atom. The molecule has 1 aromatic heterocycles. The molecule has 116 valence electrons. The molecule has 0 atom stereocenters. The van der Waals surface area contributed by atoms with Gasteiger partial charge in [-0.05, 0) is 24.3 Å². The molecule has 0 bridgehead atoms. The average Bonchev–Trinajstić information content (AvgIpc) is 3.01. The van der Waals surface area contributed by atoms with Gasteiger partial charge in [-0.3, -0.25) is 4.79 Å². The minimum absolute atomic E-state index is 0.176. The lowest BCUT2D eigenvalue weighted by Gasteiger charge is -2.08. The first-order valence-corrected chi connectivity index (χ1v) is 7.43. The van der Waals surface area contributed by atoms with Crippen molar-refractivity contribution in [3.63, 3.8) is 0 Å². The van der Waals surface area contributed by atoms with Crippen LogP contribution in [0.1, 0.15) is 6.42 Å². The van der Waals surface area contributed by atoms with Gasteiger partial charge in [0.05, 0.1) is 7.11 Å². The number of anilines is 2. The maximum Gasteiger partial charge on any atom is 0.319 e. The summed E-state index contributed by atoms with van der Waals surface area (Å²) >= 11 is 1.34. The van der Waals surface area contributed by atoms with E-state index in [0.29, 0.717) is 16.6 Å². The van der Waals surface area contributed by atoms with E-state index in [0.717, 1.165) is 0 Å². The number of hydrogen-bond acceptors (Lipinski definition) is 5. The fraction of sp³-hybridized carbons (Fsp3) is 0.214. The molecule has 0 saturated carbocycles. The minimum atomic E-state index is -0.368. The number of benzene rings is 1. The average molecular weight is 320 g/mol. The molecule has 1 aromatic carbocycles. The molecule has 8 heteroatoms. The number of ether oxygens (including phenoxy) is 1. The number of nitrogens with zero attached hydrogens (tertiary/aromatic N) is 1. The van der Waals surface area contributed by atoms with Crippen LogP contribution in [-0.4, -0.2) is 30.6 Å². The lowest BCUT2D eigenvalue weighted by atomic mass is 10.3. The summed E-state index contributed by atoms with van der Waals surface area (Å²) in [7, 11) is 1.58. The number of rotatable bonds is 6. The molecule has 0 saturated heterocycles. The summed E-state index contributed by atoms with van der Waals surface area (Å²) in [4.78, 5) is 27.2. The summed E-state index contributed by atoms with van der Waals surface area (Å²) < 4.78 is 5.03. The van der Waals surface area contributed by atoms with Crippen molar-refractivity contribution in [1.29, 1.82) is 0 Å². The maximum absolute atomic E-state index is 11.7. The van der Waals surface area contributed by atoms with Crippen molar-refractivity contribution in [3.05, 3.63) is 35.8 Å². The van der Waals surface area contributed by atoms with Crippen molar-refractivity contribution >= 4 is 34.1 Å². The number of carbonyl (C=O) groups excluding carboxylic acids is 2. The number of hydrogen-bond donors (Lipinski definition) is 3. The largest absolute Gasteiger partial charge is 0.497 e. The van der Waals surface area contributed by atoms with Crippen LogP contribution in [0.15, 0.2) is 35.8 Å². The molecule has 7 nitrogen and oxygen atoms in total. The lowest BCUT2D eigenvalue weighted by Crippen LogP contribution is -2.31. The van der Waals surface area contributed by atoms with Crippen molar-refractivity contribution in [3.8, 4) is 5.75 Å². The molecular weight excluding hydrogens is 304 g/mol. The molecule has 3 amide bonds. The molecule has 0 fully saturated rings. The summed E-state index contributed by atoms with van der Waals surface area (Å²) in [5.41, 5.74) is 0.644. The fourth-order valence-corrected chi connectivity index (χ4v) is 2.15. The van der Waals surface area contributed by atoms with Gasteiger partial charge in [-0.15, -0.1) is 11.3 Å². The van der Waals surface area contributed by atoms with Crippen molar-refractivity contribution in [2.75, 3.05) is 24.3 Å². The molecule has 0 radical (unpaired) electrons. The van der Waals surface area contributed by atoms with E-state index < -0.39 is 0 Å². The van der Waals surface area contributed by atoms with Crippen LogP contribution in [0.3, 0.4) is 0 Å². The second-order valence-corrected chi connectivity index (χ2v) is 5.14. The normalized spacial score (nSPS) is 9.86. The van der Waals surface area contributed by atoms with Crippen LogP contribution in [0.25, 0.3) is 0 Å². The summed E-state index contributed by atoms with van der Waals surface area (Å²) in [6, 6.07) is 6.59. The van der Waals surface area contributed by atoms with E-state index in [9.17, 15) is 9.59 Å². The number of methoxy groups -OCH3 is 1. The molecule has 0 aliphatic rings. The molecule has 2 aromatic rings. The second kappa shape index (κ2) is 7.99. The molecule has 22 heavy (non-hydrogen) atoms. The Balaban J connectivity index is 1.67. The third-order valence-electron chi connectivity index (χ3n) is 2.66. The Kier molecular flexibility index (Phi) is 5.73. The Morgan fingerprint density at radius 3 is 2.64 bits per heavy atom. The van der Waals surface area contributed by atoms with Gasteiger partial charge >= 0.3 is 6.03 Å². The standard InChI is InChI=1S/C14H16N4O3S/c1-21-11-4-2-10(3-5-11)17-13(20)15-7-6-12(19)18-14-16-8-9-22-14/h2-5,8-9H,6-7H2,1H3,(H2,15,17,20)(H,16,18,19). The summed E-state index contributed by atoms with van der Waals surface area (Å²) in [6.45, 7) is 0.235. The van der Waals surface area contributed by atoms with Gasteiger partial charge in [-0.25, -0.2) is 9.78 Å². The zero-order valence-electron chi connectivity index (χ0n) is 12.0. The summed E-state index contributed by atoms with van der Waals surface area (Å²) in [5.74, 6) is 0.518. The van der Waals surface area contributed by atoms with E-state index in [-0.39, 0.29) is 24.9 Å². The Labute approximate surface area is 131 Å². The van der Waals surface area contributed by atoms with Crippen LogP contribution < -0.4 is 20.7 Å². The van der Waals surface area contributed by atoms with Gasteiger partial charge in [0.25, 0.3) is 0 Å². The summed E-state index contributed by atoms with van der Waals surface area (Å²) in [6.07, 6.45) is 1.79. The number of aromatic nitrogens is 1. The molecule has 0 unspecified atom stereocenters. The van der Waals surface area contributed by atoms with Gasteiger partial charge in [-0.2, -0.15) is 0 Å². The number of nitrogens with one attached hydrogen (secondary N) is 3. The van der Waals surface area contributed by atoms with Crippen LogP contribution in [0, 0.1) is 0 Å². The SMILES string of the molecule is COc1ccc(NC(=O)NCCC(=O)Nc2nccs2)cc1. The first kappa shape index (κ1) is 15.8. The van der Waals surface area contributed by atoms with Crippen molar-refractivity contribution in [2.24, 2.45) is 0 Å². The molecule has 0 aliphatic carbocycles. The minimum Gasteiger partial charge on any atom is -0.497 e. The van der Waals surface area contributed by atoms with Crippen molar-refractivity contribution in [1.82, 2.24) is 10.3 Å². The van der Waals surface area contributed by atoms with Gasteiger partial charge in [0, 0.05) is 30.2 Å². The van der Waals surface area contributed by atoms with Crippen LogP contribution in [-0.2, 0) is 4.79 Å². The van der Waals surface area contributed by atoms with Crippen LogP contribution in [0.5, 0.6) is 5.75 Å². The van der Waals surface area contributed by atoms with Crippen molar-refractivity contribution < 1.29 is 14.3 Å². The molecule has 2 rings (SSSR count). The predicted octanol–water partition coefficient (Wildman–Crippen LogP) is 2.30. The van der Waals surface area contributed by atoms with Gasteiger partial charge < -0.3 is 20.7 Å². The van der Waals surface area contributed by atoms with Gasteiger partial charge in [0.2, 0.25) is 5.91 Å². The monoisotopic (exact) mass is 320 g/mol. The van der Waals surface area contributed by atoms with E-state index in [1.54, 1.807) is 43.0 Å². The van der Waals surface area contributed by atoms with E-state index in [2.05, 4.69) is 20.9 Å². The van der Waals surface area contributed by atoms with E-state index in [1.165, 1.54) is 11.3 Å². The number of thiazole rings is 1. The molecule has 0 spiro atoms. The quantitative estimate of drug-likeness (QED) is 0.761. The smallest absolute Gasteiger partial charge is 0.319 e. The van der Waals surface area contributed by atoms with Gasteiger partial charge in [0.1, 0.15) is 5.75 Å². The highest BCUT2D eigenvalue weighted by Crippen LogP contribution is 2.14. The van der Waals surface area contributed by atoms with Crippen LogP contribution in [0.2, 0.25) is 0 Å². The molecule has 0 aliphatic heterocycles. The van der Waals surface area contributed by atoms with E-state index in [1.807, 2.05) is 0 Å². The predicted molar refractivity (Wildman–Crippen MR) is 85.4 cm³/mol. The third-order valence-corrected chi connectivity index (χ3v) is 3.35. The second-order valence-electron chi connectivity index (χ2n) is 4.24. The Bertz CT molecular complexity index is 614. The van der Waals surface area contributed by atoms with E-state index >= 15 is 0 Å². The van der Waals surface area contributed by atoms with E-state index in [4.69, 9.17) is 4.74 Å². The zero-order valence-corrected chi connectivity index (χ0v) is 12.8. The lowest BCUT2D eigenvalue weighted by molar-refractivity contribution is -0.116. The van der Waals surface area contributed by atoms with Crippen LogP contribution >= 0.6 is 11.3 Å². The highest BCUT2D eigenvalue weighted by atomic mass is 32.1. The maximum atomic E-state index is 11.7. The number of urea groups is 1. The van der Waals surface area contributed by atoms with Crippen LogP contribution in [0.4, 0.5) is 15.6 Å². The fourth-order valence-electron chi connectivity index (χ4n) is 1.61. The first-order valence-electron chi connectivity index (χ1n) is 6.55. The van der Waals surface area contributed by atoms with Crippen molar-refractivity contribution in [2.45, 2.75) is 6.42 Å². The third kappa shape index (κ3) is 5.06. The number of carbonyl (C=O) groups is 2. The first-order chi connectivity index (χ1) is 10.7. The molecule has 1 heterocycles. The van der Waals surface area contributed by atoms with Gasteiger partial charge in [0.15, 0.2) is 5.13 Å². The number of amides is 3. The topological polar surface area (TPSA) is 92.4 Å². The highest BCUT2D eigenvalue weighted by molar-refractivity contribution is 7.13. The van der Waals surface area contributed by atoms with Gasteiger partial charge in [-0.1, -0.05) is 0 Å². The molecule has 3 N–H and O–H groups in total. The Hall–Kier alpha value is -2.61. The molecular formula is C14H16N4O3S.